The monoisotopic (exact) mass is 257 g/mol. The molecule has 0 fully saturated rings. The third-order valence-electron chi connectivity index (χ3n) is 2.93. The summed E-state index contributed by atoms with van der Waals surface area (Å²) in [6.07, 6.45) is 2.00. The maximum atomic E-state index is 5.75. The van der Waals surface area contributed by atoms with Gasteiger partial charge in [0.1, 0.15) is 11.5 Å². The van der Waals surface area contributed by atoms with Crippen LogP contribution in [0.1, 0.15) is 12.0 Å². The average Bonchev–Trinajstić information content (AvgIpc) is 2.46. The van der Waals surface area contributed by atoms with Gasteiger partial charge in [0.05, 0.1) is 19.4 Å². The SMILES string of the molecule is COc1cc(OCCCc2ccccc2)ccc1N. The van der Waals surface area contributed by atoms with Gasteiger partial charge in [-0.05, 0) is 30.5 Å². The standard InChI is InChI=1S/C16H19NO2/c1-18-16-12-14(9-10-15(16)17)19-11-5-8-13-6-3-2-4-7-13/h2-4,6-7,9-10,12H,5,8,11,17H2,1H3. The van der Waals surface area contributed by atoms with Crippen LogP contribution in [0, 0.1) is 0 Å². The van der Waals surface area contributed by atoms with Gasteiger partial charge in [-0.3, -0.25) is 0 Å². The molecule has 19 heavy (non-hydrogen) atoms. The molecule has 0 atom stereocenters. The molecule has 2 aromatic carbocycles. The van der Waals surface area contributed by atoms with E-state index >= 15 is 0 Å². The third kappa shape index (κ3) is 3.91. The van der Waals surface area contributed by atoms with E-state index in [1.54, 1.807) is 13.2 Å². The molecule has 2 aromatic rings. The van der Waals surface area contributed by atoms with Gasteiger partial charge in [-0.2, -0.15) is 0 Å². The number of aryl methyl sites for hydroxylation is 1. The van der Waals surface area contributed by atoms with Crippen molar-refractivity contribution in [1.82, 2.24) is 0 Å². The Morgan fingerprint density at radius 3 is 2.58 bits per heavy atom. The highest BCUT2D eigenvalue weighted by atomic mass is 16.5. The largest absolute Gasteiger partial charge is 0.494 e. The average molecular weight is 257 g/mol. The molecular formula is C16H19NO2. The molecule has 0 unspecified atom stereocenters. The molecule has 3 nitrogen and oxygen atoms in total. The molecule has 2 N–H and O–H groups in total. The van der Waals surface area contributed by atoms with Gasteiger partial charge in [0.2, 0.25) is 0 Å². The van der Waals surface area contributed by atoms with Crippen LogP contribution >= 0.6 is 0 Å². The Hall–Kier alpha value is -2.16. The smallest absolute Gasteiger partial charge is 0.145 e. The number of nitrogens with two attached hydrogens (primary N) is 1. The van der Waals surface area contributed by atoms with Crippen molar-refractivity contribution in [2.45, 2.75) is 12.8 Å². The van der Waals surface area contributed by atoms with Gasteiger partial charge in [-0.1, -0.05) is 30.3 Å². The van der Waals surface area contributed by atoms with Crippen LogP contribution in [-0.2, 0) is 6.42 Å². The molecule has 0 radical (unpaired) electrons. The van der Waals surface area contributed by atoms with Crippen molar-refractivity contribution < 1.29 is 9.47 Å². The van der Waals surface area contributed by atoms with Crippen LogP contribution in [-0.4, -0.2) is 13.7 Å². The van der Waals surface area contributed by atoms with Crippen molar-refractivity contribution in [3.8, 4) is 11.5 Å². The summed E-state index contributed by atoms with van der Waals surface area (Å²) in [6, 6.07) is 15.9. The minimum Gasteiger partial charge on any atom is -0.494 e. The topological polar surface area (TPSA) is 44.5 Å². The summed E-state index contributed by atoms with van der Waals surface area (Å²) in [4.78, 5) is 0. The first-order valence-corrected chi connectivity index (χ1v) is 6.40. The van der Waals surface area contributed by atoms with E-state index in [0.717, 1.165) is 18.6 Å². The minimum absolute atomic E-state index is 0.624. The van der Waals surface area contributed by atoms with E-state index in [9.17, 15) is 0 Å². The molecule has 0 aliphatic heterocycles. The van der Waals surface area contributed by atoms with Gasteiger partial charge < -0.3 is 15.2 Å². The molecule has 0 heterocycles. The van der Waals surface area contributed by atoms with Crippen molar-refractivity contribution in [2.75, 3.05) is 19.5 Å². The highest BCUT2D eigenvalue weighted by molar-refractivity contribution is 5.55. The highest BCUT2D eigenvalue weighted by Crippen LogP contribution is 2.26. The van der Waals surface area contributed by atoms with Crippen molar-refractivity contribution in [2.24, 2.45) is 0 Å². The number of anilines is 1. The van der Waals surface area contributed by atoms with Gasteiger partial charge in [-0.15, -0.1) is 0 Å². The van der Waals surface area contributed by atoms with Crippen molar-refractivity contribution in [1.29, 1.82) is 0 Å². The van der Waals surface area contributed by atoms with Gasteiger partial charge in [0.25, 0.3) is 0 Å². The Balaban J connectivity index is 1.80. The zero-order valence-electron chi connectivity index (χ0n) is 11.1. The second kappa shape index (κ2) is 6.69. The third-order valence-corrected chi connectivity index (χ3v) is 2.93. The molecule has 3 heteroatoms. The van der Waals surface area contributed by atoms with Crippen LogP contribution in [0.3, 0.4) is 0 Å². The lowest BCUT2D eigenvalue weighted by Gasteiger charge is -2.09. The summed E-state index contributed by atoms with van der Waals surface area (Å²) in [5.41, 5.74) is 7.71. The molecule has 0 saturated carbocycles. The van der Waals surface area contributed by atoms with E-state index in [-0.39, 0.29) is 0 Å². The van der Waals surface area contributed by atoms with E-state index in [0.29, 0.717) is 18.0 Å². The van der Waals surface area contributed by atoms with Crippen molar-refractivity contribution >= 4 is 5.69 Å². The number of methoxy groups -OCH3 is 1. The Morgan fingerprint density at radius 1 is 1.05 bits per heavy atom. The van der Waals surface area contributed by atoms with Crippen LogP contribution in [0.5, 0.6) is 11.5 Å². The Morgan fingerprint density at radius 2 is 1.84 bits per heavy atom. The van der Waals surface area contributed by atoms with Crippen LogP contribution in [0.25, 0.3) is 0 Å². The fraction of sp³-hybridized carbons (Fsp3) is 0.250. The number of ether oxygens (including phenoxy) is 2. The number of hydrogen-bond acceptors (Lipinski definition) is 3. The second-order valence-corrected chi connectivity index (χ2v) is 4.34. The first kappa shape index (κ1) is 13.3. The predicted octanol–water partition coefficient (Wildman–Crippen LogP) is 3.29. The zero-order chi connectivity index (χ0) is 13.5. The minimum atomic E-state index is 0.624. The molecule has 2 rings (SSSR count). The lowest BCUT2D eigenvalue weighted by atomic mass is 10.1. The number of benzene rings is 2. The van der Waals surface area contributed by atoms with E-state index in [1.165, 1.54) is 5.56 Å². The van der Waals surface area contributed by atoms with E-state index in [1.807, 2.05) is 18.2 Å². The molecule has 0 saturated heterocycles. The summed E-state index contributed by atoms with van der Waals surface area (Å²) in [5.74, 6) is 1.44. The van der Waals surface area contributed by atoms with E-state index in [2.05, 4.69) is 24.3 Å². The zero-order valence-corrected chi connectivity index (χ0v) is 11.1. The normalized spacial score (nSPS) is 10.2. The molecule has 0 amide bonds. The quantitative estimate of drug-likeness (QED) is 0.638. The van der Waals surface area contributed by atoms with Gasteiger partial charge in [0.15, 0.2) is 0 Å². The maximum absolute atomic E-state index is 5.75. The molecular weight excluding hydrogens is 238 g/mol. The summed E-state index contributed by atoms with van der Waals surface area (Å²) in [7, 11) is 1.60. The summed E-state index contributed by atoms with van der Waals surface area (Å²) in [6.45, 7) is 0.683. The highest BCUT2D eigenvalue weighted by Gasteiger charge is 2.01. The number of hydrogen-bond donors (Lipinski definition) is 1. The van der Waals surface area contributed by atoms with Crippen LogP contribution in [0.4, 0.5) is 5.69 Å². The van der Waals surface area contributed by atoms with Gasteiger partial charge in [-0.25, -0.2) is 0 Å². The summed E-state index contributed by atoms with van der Waals surface area (Å²) >= 11 is 0. The van der Waals surface area contributed by atoms with Gasteiger partial charge >= 0.3 is 0 Å². The van der Waals surface area contributed by atoms with Crippen LogP contribution in [0.15, 0.2) is 48.5 Å². The number of nitrogen functional groups attached to an aromatic ring is 1. The molecule has 0 spiro atoms. The fourth-order valence-corrected chi connectivity index (χ4v) is 1.89. The van der Waals surface area contributed by atoms with Crippen molar-refractivity contribution in [3.63, 3.8) is 0 Å². The lowest BCUT2D eigenvalue weighted by molar-refractivity contribution is 0.308. The Kier molecular flexibility index (Phi) is 4.67. The first-order chi connectivity index (χ1) is 9.29. The Labute approximate surface area is 114 Å². The van der Waals surface area contributed by atoms with Crippen molar-refractivity contribution in [3.05, 3.63) is 54.1 Å². The molecule has 0 aliphatic rings. The maximum Gasteiger partial charge on any atom is 0.145 e. The second-order valence-electron chi connectivity index (χ2n) is 4.34. The number of rotatable bonds is 6. The van der Waals surface area contributed by atoms with Crippen LogP contribution in [0.2, 0.25) is 0 Å². The predicted molar refractivity (Wildman–Crippen MR) is 77.7 cm³/mol. The van der Waals surface area contributed by atoms with E-state index in [4.69, 9.17) is 15.2 Å². The first-order valence-electron chi connectivity index (χ1n) is 6.40. The molecule has 0 aliphatic carbocycles. The summed E-state index contributed by atoms with van der Waals surface area (Å²) in [5, 5.41) is 0. The molecule has 100 valence electrons. The van der Waals surface area contributed by atoms with Gasteiger partial charge in [0, 0.05) is 6.07 Å². The summed E-state index contributed by atoms with van der Waals surface area (Å²) < 4.78 is 10.8. The Bertz CT molecular complexity index is 511. The molecule has 0 aromatic heterocycles. The van der Waals surface area contributed by atoms with Crippen LogP contribution < -0.4 is 15.2 Å². The lowest BCUT2D eigenvalue weighted by Crippen LogP contribution is -2.00. The van der Waals surface area contributed by atoms with E-state index < -0.39 is 0 Å². The molecule has 0 bridgehead atoms. The fourth-order valence-electron chi connectivity index (χ4n) is 1.89.